The zero-order chi connectivity index (χ0) is 24.4. The van der Waals surface area contributed by atoms with Crippen LogP contribution in [0.1, 0.15) is 24.8 Å². The topological polar surface area (TPSA) is 81.7 Å². The number of methoxy groups -OCH3 is 3. The van der Waals surface area contributed by atoms with Gasteiger partial charge < -0.3 is 24.8 Å². The summed E-state index contributed by atoms with van der Waals surface area (Å²) in [6, 6.07) is 14.1. The van der Waals surface area contributed by atoms with Crippen molar-refractivity contribution in [3.63, 3.8) is 0 Å². The van der Waals surface area contributed by atoms with Crippen molar-refractivity contribution in [2.45, 2.75) is 25.8 Å². The molecule has 7 heteroatoms. The molecule has 2 bridgehead atoms. The van der Waals surface area contributed by atoms with Crippen LogP contribution in [0.5, 0.6) is 11.5 Å². The van der Waals surface area contributed by atoms with Crippen LogP contribution in [0.15, 0.2) is 48.7 Å². The molecule has 7 nitrogen and oxygen atoms in total. The Bertz CT molecular complexity index is 1210. The molecule has 1 aromatic heterocycles. The average molecular weight is 476 g/mol. The maximum Gasteiger partial charge on any atom is 0.308 e. The largest absolute Gasteiger partial charge is 0.497 e. The Morgan fingerprint density at radius 2 is 1.83 bits per heavy atom. The van der Waals surface area contributed by atoms with E-state index in [-0.39, 0.29) is 11.9 Å². The van der Waals surface area contributed by atoms with Gasteiger partial charge in [-0.05, 0) is 61.3 Å². The standard InChI is InChI=1S/C28H33N3O4/c1-33-21-8-7-17(26(14-21)34-2)15-31-27-23-5-4-6-25(22(23)9-10-29-27)30-16-20-13-24(28(32)35-3)19-11-18(20)12-19/h4-10,14,18-20,24,30H,11-13,15-16H2,1-3H3,(H,29,31). The molecule has 2 aromatic carbocycles. The smallest absolute Gasteiger partial charge is 0.308 e. The van der Waals surface area contributed by atoms with Gasteiger partial charge in [-0.3, -0.25) is 4.79 Å². The molecular formula is C28H33N3O4. The molecule has 35 heavy (non-hydrogen) atoms. The summed E-state index contributed by atoms with van der Waals surface area (Å²) < 4.78 is 15.9. The average Bonchev–Trinajstić information content (AvgIpc) is 2.89. The number of esters is 1. The Labute approximate surface area is 206 Å². The summed E-state index contributed by atoms with van der Waals surface area (Å²) in [6.45, 7) is 1.44. The summed E-state index contributed by atoms with van der Waals surface area (Å²) in [7, 11) is 4.81. The third-order valence-corrected chi connectivity index (χ3v) is 7.81. The van der Waals surface area contributed by atoms with Crippen molar-refractivity contribution < 1.29 is 19.0 Å². The highest BCUT2D eigenvalue weighted by Crippen LogP contribution is 2.52. The Morgan fingerprint density at radius 3 is 2.60 bits per heavy atom. The third kappa shape index (κ3) is 4.59. The molecule has 3 aromatic rings. The lowest BCUT2D eigenvalue weighted by atomic mass is 9.55. The van der Waals surface area contributed by atoms with E-state index in [4.69, 9.17) is 14.2 Å². The van der Waals surface area contributed by atoms with E-state index in [0.29, 0.717) is 24.3 Å². The van der Waals surface area contributed by atoms with Crippen LogP contribution < -0.4 is 20.1 Å². The van der Waals surface area contributed by atoms with Gasteiger partial charge in [0.2, 0.25) is 0 Å². The number of anilines is 2. The van der Waals surface area contributed by atoms with Crippen molar-refractivity contribution in [3.05, 3.63) is 54.2 Å². The fourth-order valence-electron chi connectivity index (χ4n) is 5.74. The molecule has 2 N–H and O–H groups in total. The van der Waals surface area contributed by atoms with Gasteiger partial charge in [-0.1, -0.05) is 12.1 Å². The lowest BCUT2D eigenvalue weighted by Crippen LogP contribution is -2.47. The first-order valence-electron chi connectivity index (χ1n) is 12.3. The zero-order valence-corrected chi connectivity index (χ0v) is 20.5. The van der Waals surface area contributed by atoms with Crippen LogP contribution in [0.4, 0.5) is 11.5 Å². The van der Waals surface area contributed by atoms with Gasteiger partial charge >= 0.3 is 5.97 Å². The molecule has 3 aliphatic carbocycles. The second-order valence-corrected chi connectivity index (χ2v) is 9.59. The number of hydrogen-bond acceptors (Lipinski definition) is 7. The fraction of sp³-hybridized carbons (Fsp3) is 0.429. The number of nitrogens with zero attached hydrogens (tertiary/aromatic N) is 1. The van der Waals surface area contributed by atoms with Crippen molar-refractivity contribution in [1.29, 1.82) is 0 Å². The molecule has 0 spiro atoms. The third-order valence-electron chi connectivity index (χ3n) is 7.81. The molecule has 3 fully saturated rings. The van der Waals surface area contributed by atoms with Gasteiger partial charge in [0.05, 0.1) is 27.2 Å². The minimum atomic E-state index is -0.0430. The molecular weight excluding hydrogens is 442 g/mol. The van der Waals surface area contributed by atoms with E-state index in [1.807, 2.05) is 30.5 Å². The minimum absolute atomic E-state index is 0.0430. The van der Waals surface area contributed by atoms with Crippen LogP contribution in [0, 0.1) is 23.7 Å². The monoisotopic (exact) mass is 475 g/mol. The first kappa shape index (κ1) is 23.3. The zero-order valence-electron chi connectivity index (χ0n) is 20.5. The summed E-state index contributed by atoms with van der Waals surface area (Å²) in [5.41, 5.74) is 2.11. The van der Waals surface area contributed by atoms with E-state index < -0.39 is 0 Å². The number of ether oxygens (including phenoxy) is 3. The van der Waals surface area contributed by atoms with Crippen LogP contribution in [-0.4, -0.2) is 38.8 Å². The Kier molecular flexibility index (Phi) is 6.66. The number of benzene rings is 2. The van der Waals surface area contributed by atoms with Crippen molar-refractivity contribution in [1.82, 2.24) is 4.98 Å². The van der Waals surface area contributed by atoms with Crippen LogP contribution in [0.25, 0.3) is 10.8 Å². The van der Waals surface area contributed by atoms with Crippen molar-refractivity contribution in [2.24, 2.45) is 23.7 Å². The molecule has 3 aliphatic rings. The van der Waals surface area contributed by atoms with Crippen LogP contribution in [0.2, 0.25) is 0 Å². The number of fused-ring (bicyclic) bond motifs is 3. The van der Waals surface area contributed by atoms with Crippen LogP contribution in [-0.2, 0) is 16.1 Å². The predicted octanol–water partition coefficient (Wildman–Crippen LogP) is 5.11. The second kappa shape index (κ2) is 10.0. The number of aromatic nitrogens is 1. The highest BCUT2D eigenvalue weighted by molar-refractivity contribution is 5.99. The minimum Gasteiger partial charge on any atom is -0.497 e. The number of pyridine rings is 1. The van der Waals surface area contributed by atoms with Gasteiger partial charge in [0.15, 0.2) is 0 Å². The highest BCUT2D eigenvalue weighted by Gasteiger charge is 2.48. The van der Waals surface area contributed by atoms with Gasteiger partial charge in [-0.2, -0.15) is 0 Å². The molecule has 0 saturated heterocycles. The van der Waals surface area contributed by atoms with Gasteiger partial charge in [0, 0.05) is 47.4 Å². The number of hydrogen-bond donors (Lipinski definition) is 2. The van der Waals surface area contributed by atoms with Gasteiger partial charge in [-0.15, -0.1) is 0 Å². The lowest BCUT2D eigenvalue weighted by molar-refractivity contribution is -0.155. The first-order chi connectivity index (χ1) is 17.1. The van der Waals surface area contributed by atoms with Gasteiger partial charge in [0.25, 0.3) is 0 Å². The molecule has 0 amide bonds. The molecule has 3 saturated carbocycles. The predicted molar refractivity (Wildman–Crippen MR) is 137 cm³/mol. The summed E-state index contributed by atoms with van der Waals surface area (Å²) in [5, 5.41) is 9.34. The molecule has 6 rings (SSSR count). The lowest BCUT2D eigenvalue weighted by Gasteiger charge is -2.50. The molecule has 2 unspecified atom stereocenters. The maximum absolute atomic E-state index is 12.2. The highest BCUT2D eigenvalue weighted by atomic mass is 16.5. The molecule has 0 radical (unpaired) electrons. The van der Waals surface area contributed by atoms with Crippen molar-refractivity contribution >= 4 is 28.2 Å². The second-order valence-electron chi connectivity index (χ2n) is 9.59. The number of carbonyl (C=O) groups excluding carboxylic acids is 1. The van der Waals surface area contributed by atoms with Crippen molar-refractivity contribution in [2.75, 3.05) is 38.5 Å². The summed E-state index contributed by atoms with van der Waals surface area (Å²) >= 11 is 0. The van der Waals surface area contributed by atoms with Gasteiger partial charge in [-0.25, -0.2) is 4.98 Å². The number of nitrogens with one attached hydrogen (secondary N) is 2. The number of rotatable bonds is 9. The van der Waals surface area contributed by atoms with Crippen LogP contribution >= 0.6 is 0 Å². The molecule has 1 heterocycles. The van der Waals surface area contributed by atoms with E-state index in [0.717, 1.165) is 65.1 Å². The van der Waals surface area contributed by atoms with E-state index in [1.54, 1.807) is 14.2 Å². The quantitative estimate of drug-likeness (QED) is 0.416. The van der Waals surface area contributed by atoms with Crippen molar-refractivity contribution in [3.8, 4) is 11.5 Å². The van der Waals surface area contributed by atoms with Gasteiger partial charge in [0.1, 0.15) is 17.3 Å². The van der Waals surface area contributed by atoms with E-state index in [1.165, 1.54) is 7.11 Å². The number of carbonyl (C=O) groups is 1. The van der Waals surface area contributed by atoms with E-state index >= 15 is 0 Å². The Hall–Kier alpha value is -3.48. The Balaban J connectivity index is 1.30. The maximum atomic E-state index is 12.2. The molecule has 184 valence electrons. The molecule has 0 aliphatic heterocycles. The summed E-state index contributed by atoms with van der Waals surface area (Å²) in [5.74, 6) is 4.09. The fourth-order valence-corrected chi connectivity index (χ4v) is 5.74. The summed E-state index contributed by atoms with van der Waals surface area (Å²) in [6.07, 6.45) is 5.05. The molecule has 2 atom stereocenters. The van der Waals surface area contributed by atoms with E-state index in [9.17, 15) is 4.79 Å². The van der Waals surface area contributed by atoms with E-state index in [2.05, 4.69) is 33.8 Å². The first-order valence-corrected chi connectivity index (χ1v) is 12.3. The normalized spacial score (nSPS) is 22.7. The SMILES string of the molecule is COC(=O)C1CC(CNc2cccc3c(NCc4ccc(OC)cc4OC)nccc23)C2CC1C2. The van der Waals surface area contributed by atoms with Crippen LogP contribution in [0.3, 0.4) is 0 Å². The Morgan fingerprint density at radius 1 is 0.971 bits per heavy atom. The summed E-state index contributed by atoms with van der Waals surface area (Å²) in [4.78, 5) is 16.8.